The monoisotopic (exact) mass is 348 g/mol. The van der Waals surface area contributed by atoms with Crippen molar-refractivity contribution in [3.8, 4) is 11.5 Å². The molecule has 1 aliphatic rings. The Balaban J connectivity index is 1.53. The van der Waals surface area contributed by atoms with Gasteiger partial charge in [0, 0.05) is 24.1 Å². The third kappa shape index (κ3) is 3.42. The van der Waals surface area contributed by atoms with Crippen LogP contribution in [-0.2, 0) is 4.79 Å². The van der Waals surface area contributed by atoms with E-state index in [1.807, 2.05) is 42.7 Å². The quantitative estimate of drug-likeness (QED) is 0.754. The Morgan fingerprint density at radius 3 is 2.69 bits per heavy atom. The Kier molecular flexibility index (Phi) is 4.35. The molecule has 0 fully saturated rings. The minimum Gasteiger partial charge on any atom is -0.454 e. The number of carbonyl (C=O) groups is 1. The smallest absolute Gasteiger partial charge is 0.231 e. The van der Waals surface area contributed by atoms with Gasteiger partial charge in [-0.2, -0.15) is 0 Å². The van der Waals surface area contributed by atoms with Crippen LogP contribution < -0.4 is 14.8 Å². The van der Waals surface area contributed by atoms with E-state index in [-0.39, 0.29) is 18.7 Å². The van der Waals surface area contributed by atoms with Crippen molar-refractivity contribution < 1.29 is 14.3 Å². The lowest BCUT2D eigenvalue weighted by Crippen LogP contribution is -2.19. The highest BCUT2D eigenvalue weighted by Crippen LogP contribution is 2.34. The third-order valence-electron chi connectivity index (χ3n) is 4.45. The number of fused-ring (bicyclic) bond motifs is 1. The summed E-state index contributed by atoms with van der Waals surface area (Å²) >= 11 is 0. The van der Waals surface area contributed by atoms with Gasteiger partial charge < -0.3 is 19.4 Å². The molecule has 0 bridgehead atoms. The zero-order valence-corrected chi connectivity index (χ0v) is 14.5. The van der Waals surface area contributed by atoms with Crippen LogP contribution in [0.1, 0.15) is 23.6 Å². The van der Waals surface area contributed by atoms with Crippen molar-refractivity contribution in [2.75, 3.05) is 12.1 Å². The lowest BCUT2D eigenvalue weighted by Gasteiger charge is -2.20. The lowest BCUT2D eigenvalue weighted by molar-refractivity contribution is -0.116. The Morgan fingerprint density at radius 1 is 1.08 bits per heavy atom. The molecular weight excluding hydrogens is 328 g/mol. The molecule has 0 radical (unpaired) electrons. The topological polar surface area (TPSA) is 52.5 Å². The molecule has 1 N–H and O–H groups in total. The van der Waals surface area contributed by atoms with Crippen molar-refractivity contribution in [3.05, 3.63) is 78.1 Å². The fraction of sp³-hybridized carbons (Fsp3) is 0.190. The summed E-state index contributed by atoms with van der Waals surface area (Å²) in [6.45, 7) is 2.28. The van der Waals surface area contributed by atoms with Gasteiger partial charge in [-0.3, -0.25) is 4.79 Å². The molecule has 0 aliphatic carbocycles. The molecule has 4 rings (SSSR count). The molecule has 132 valence electrons. The number of hydrogen-bond acceptors (Lipinski definition) is 3. The number of aryl methyl sites for hydroxylation is 1. The highest BCUT2D eigenvalue weighted by Gasteiger charge is 2.19. The molecule has 2 heterocycles. The van der Waals surface area contributed by atoms with Crippen LogP contribution >= 0.6 is 0 Å². The number of nitrogens with one attached hydrogen (secondary N) is 1. The van der Waals surface area contributed by atoms with Crippen molar-refractivity contribution in [2.45, 2.75) is 19.4 Å². The van der Waals surface area contributed by atoms with Crippen LogP contribution in [0.4, 0.5) is 5.69 Å². The molecule has 1 aliphatic heterocycles. The average molecular weight is 348 g/mol. The van der Waals surface area contributed by atoms with Gasteiger partial charge in [-0.25, -0.2) is 0 Å². The third-order valence-corrected chi connectivity index (χ3v) is 4.45. The fourth-order valence-electron chi connectivity index (χ4n) is 3.19. The van der Waals surface area contributed by atoms with Crippen molar-refractivity contribution in [2.24, 2.45) is 0 Å². The molecule has 5 nitrogen and oxygen atoms in total. The SMILES string of the molecule is Cc1cccc([C@H](CC(=O)Nc2ccc3c(c2)OCO3)n2cccc2)c1. The van der Waals surface area contributed by atoms with E-state index in [1.165, 1.54) is 5.56 Å². The van der Waals surface area contributed by atoms with Crippen LogP contribution in [0.2, 0.25) is 0 Å². The van der Waals surface area contributed by atoms with Gasteiger partial charge in [-0.05, 0) is 36.8 Å². The van der Waals surface area contributed by atoms with Gasteiger partial charge in [0.2, 0.25) is 12.7 Å². The maximum Gasteiger partial charge on any atom is 0.231 e. The summed E-state index contributed by atoms with van der Waals surface area (Å²) in [4.78, 5) is 12.7. The second-order valence-corrected chi connectivity index (χ2v) is 6.38. The maximum absolute atomic E-state index is 12.7. The van der Waals surface area contributed by atoms with Crippen LogP contribution in [0, 0.1) is 6.92 Å². The molecule has 3 aromatic rings. The molecule has 2 aromatic carbocycles. The Morgan fingerprint density at radius 2 is 1.88 bits per heavy atom. The van der Waals surface area contributed by atoms with Gasteiger partial charge in [-0.1, -0.05) is 29.8 Å². The van der Waals surface area contributed by atoms with Crippen LogP contribution in [0.25, 0.3) is 0 Å². The first-order valence-electron chi connectivity index (χ1n) is 8.57. The summed E-state index contributed by atoms with van der Waals surface area (Å²) in [5, 5.41) is 2.96. The van der Waals surface area contributed by atoms with Crippen LogP contribution in [0.3, 0.4) is 0 Å². The van der Waals surface area contributed by atoms with E-state index in [0.29, 0.717) is 23.6 Å². The van der Waals surface area contributed by atoms with Gasteiger partial charge in [0.25, 0.3) is 0 Å². The molecule has 1 amide bonds. The molecule has 5 heteroatoms. The number of carbonyl (C=O) groups excluding carboxylic acids is 1. The minimum atomic E-state index is -0.0566. The zero-order chi connectivity index (χ0) is 17.9. The second-order valence-electron chi connectivity index (χ2n) is 6.38. The minimum absolute atomic E-state index is 0.0518. The molecule has 1 atom stereocenters. The number of rotatable bonds is 5. The summed E-state index contributed by atoms with van der Waals surface area (Å²) < 4.78 is 12.7. The van der Waals surface area contributed by atoms with E-state index in [2.05, 4.69) is 35.0 Å². The molecule has 1 aromatic heterocycles. The molecule has 0 saturated heterocycles. The van der Waals surface area contributed by atoms with Crippen molar-refractivity contribution in [1.82, 2.24) is 4.57 Å². The summed E-state index contributed by atoms with van der Waals surface area (Å²) in [6.07, 6.45) is 4.31. The second kappa shape index (κ2) is 6.96. The van der Waals surface area contributed by atoms with Crippen LogP contribution in [0.5, 0.6) is 11.5 Å². The first kappa shape index (κ1) is 16.3. The van der Waals surface area contributed by atoms with Gasteiger partial charge in [0.15, 0.2) is 11.5 Å². The largest absolute Gasteiger partial charge is 0.454 e. The highest BCUT2D eigenvalue weighted by atomic mass is 16.7. The van der Waals surface area contributed by atoms with E-state index in [0.717, 1.165) is 5.56 Å². The highest BCUT2D eigenvalue weighted by molar-refractivity contribution is 5.91. The van der Waals surface area contributed by atoms with Gasteiger partial charge >= 0.3 is 0 Å². The summed E-state index contributed by atoms with van der Waals surface area (Å²) in [6, 6.07) is 17.6. The van der Waals surface area contributed by atoms with E-state index >= 15 is 0 Å². The normalized spacial score (nSPS) is 13.4. The van der Waals surface area contributed by atoms with E-state index < -0.39 is 0 Å². The number of aromatic nitrogens is 1. The fourth-order valence-corrected chi connectivity index (χ4v) is 3.19. The summed E-state index contributed by atoms with van der Waals surface area (Å²) in [7, 11) is 0. The first-order chi connectivity index (χ1) is 12.7. The number of hydrogen-bond donors (Lipinski definition) is 1. The predicted molar refractivity (Wildman–Crippen MR) is 99.6 cm³/mol. The number of benzene rings is 2. The molecule has 26 heavy (non-hydrogen) atoms. The maximum atomic E-state index is 12.7. The molecule has 0 saturated carbocycles. The summed E-state index contributed by atoms with van der Waals surface area (Å²) in [5.74, 6) is 1.31. The molecule has 0 unspecified atom stereocenters. The predicted octanol–water partition coefficient (Wildman–Crippen LogP) is 4.14. The van der Waals surface area contributed by atoms with E-state index in [9.17, 15) is 4.79 Å². The lowest BCUT2D eigenvalue weighted by atomic mass is 10.0. The molecular formula is C21H20N2O3. The van der Waals surface area contributed by atoms with Gasteiger partial charge in [-0.15, -0.1) is 0 Å². The van der Waals surface area contributed by atoms with Crippen LogP contribution in [0.15, 0.2) is 67.0 Å². The van der Waals surface area contributed by atoms with Crippen molar-refractivity contribution in [3.63, 3.8) is 0 Å². The standard InChI is InChI=1S/C21H20N2O3/c1-15-5-4-6-16(11-15)18(23-9-2-3-10-23)13-21(24)22-17-7-8-19-20(12-17)26-14-25-19/h2-12,18H,13-14H2,1H3,(H,22,24)/t18-/m0/s1. The van der Waals surface area contributed by atoms with Crippen molar-refractivity contribution in [1.29, 1.82) is 0 Å². The summed E-state index contributed by atoms with van der Waals surface area (Å²) in [5.41, 5.74) is 2.99. The van der Waals surface area contributed by atoms with E-state index in [4.69, 9.17) is 9.47 Å². The molecule has 0 spiro atoms. The van der Waals surface area contributed by atoms with Crippen molar-refractivity contribution >= 4 is 11.6 Å². The Hall–Kier alpha value is -3.21. The van der Waals surface area contributed by atoms with Gasteiger partial charge in [0.1, 0.15) is 0 Å². The number of ether oxygens (including phenoxy) is 2. The number of anilines is 1. The van der Waals surface area contributed by atoms with Gasteiger partial charge in [0.05, 0.1) is 12.5 Å². The number of amides is 1. The Bertz CT molecular complexity index is 919. The first-order valence-corrected chi connectivity index (χ1v) is 8.57. The Labute approximate surface area is 152 Å². The van der Waals surface area contributed by atoms with E-state index in [1.54, 1.807) is 6.07 Å². The number of nitrogens with zero attached hydrogens (tertiary/aromatic N) is 1. The van der Waals surface area contributed by atoms with Crippen LogP contribution in [-0.4, -0.2) is 17.3 Å². The zero-order valence-electron chi connectivity index (χ0n) is 14.5. The average Bonchev–Trinajstić information content (AvgIpc) is 3.31.